The minimum absolute atomic E-state index is 0.758. The Balaban J connectivity index is 1.62. The van der Waals surface area contributed by atoms with Gasteiger partial charge in [0, 0.05) is 0 Å². The Kier molecular flexibility index (Phi) is 5.16. The second kappa shape index (κ2) is 7.87. The first kappa shape index (κ1) is 16.4. The fraction of sp³-hybridized carbons (Fsp3) is 0.360. The average Bonchev–Trinajstić information content (AvgIpc) is 2.69. The van der Waals surface area contributed by atoms with E-state index in [0.717, 1.165) is 11.8 Å². The summed E-state index contributed by atoms with van der Waals surface area (Å²) in [7, 11) is 0. The van der Waals surface area contributed by atoms with Crippen molar-refractivity contribution in [1.29, 1.82) is 0 Å². The molecule has 25 heavy (non-hydrogen) atoms. The Labute approximate surface area is 151 Å². The van der Waals surface area contributed by atoms with Crippen LogP contribution in [0.2, 0.25) is 0 Å². The highest BCUT2D eigenvalue weighted by molar-refractivity contribution is 5.85. The first-order chi connectivity index (χ1) is 12.4. The van der Waals surface area contributed by atoms with Crippen molar-refractivity contribution in [3.8, 4) is 0 Å². The van der Waals surface area contributed by atoms with E-state index in [1.807, 2.05) is 0 Å². The molecule has 0 bridgehead atoms. The van der Waals surface area contributed by atoms with E-state index >= 15 is 0 Å². The van der Waals surface area contributed by atoms with Gasteiger partial charge in [0.05, 0.1) is 0 Å². The number of hydrogen-bond donors (Lipinski definition) is 0. The second-order valence-corrected chi connectivity index (χ2v) is 7.69. The van der Waals surface area contributed by atoms with Gasteiger partial charge in [-0.15, -0.1) is 0 Å². The van der Waals surface area contributed by atoms with Crippen LogP contribution in [-0.4, -0.2) is 0 Å². The molecule has 0 spiro atoms. The third-order valence-corrected chi connectivity index (χ3v) is 6.02. The first-order valence-electron chi connectivity index (χ1n) is 9.91. The smallest absolute Gasteiger partial charge is 0.0152 e. The molecule has 0 amide bonds. The largest absolute Gasteiger partial charge is 0.0622 e. The van der Waals surface area contributed by atoms with Gasteiger partial charge in [0.15, 0.2) is 0 Å². The molecule has 0 saturated heterocycles. The molecule has 0 aliphatic heterocycles. The number of benzene rings is 3. The lowest BCUT2D eigenvalue weighted by atomic mass is 9.74. The first-order valence-corrected chi connectivity index (χ1v) is 9.91. The monoisotopic (exact) mass is 328 g/mol. The van der Waals surface area contributed by atoms with E-state index in [-0.39, 0.29) is 0 Å². The molecule has 1 unspecified atom stereocenters. The normalized spacial score (nSPS) is 16.8. The Bertz CT molecular complexity index is 791. The number of hydrogen-bond acceptors (Lipinski definition) is 0. The van der Waals surface area contributed by atoms with E-state index in [4.69, 9.17) is 0 Å². The summed E-state index contributed by atoms with van der Waals surface area (Å²) < 4.78 is 0. The van der Waals surface area contributed by atoms with Crippen LogP contribution in [0.25, 0.3) is 10.8 Å². The molecule has 0 nitrogen and oxygen atoms in total. The predicted octanol–water partition coefficient (Wildman–Crippen LogP) is 6.82. The highest BCUT2D eigenvalue weighted by atomic mass is 14.3. The molecular formula is C25H28. The Morgan fingerprint density at radius 1 is 0.680 bits per heavy atom. The number of rotatable bonds is 5. The fourth-order valence-corrected chi connectivity index (χ4v) is 4.68. The molecule has 0 heteroatoms. The van der Waals surface area contributed by atoms with Gasteiger partial charge in [0.1, 0.15) is 0 Å². The topological polar surface area (TPSA) is 0 Å². The average molecular weight is 328 g/mol. The standard InChI is InChI=1S/C25H28/c1-3-10-20(11-4-1)18-24(21-12-5-2-6-13-21)19-23-16-9-15-22-14-7-8-17-25(22)23/h1,3-4,7-11,14-17,21,24H,2,5-6,12-13,18-19H2. The van der Waals surface area contributed by atoms with Gasteiger partial charge in [0.25, 0.3) is 0 Å². The maximum atomic E-state index is 2.35. The van der Waals surface area contributed by atoms with Gasteiger partial charge < -0.3 is 0 Å². The summed E-state index contributed by atoms with van der Waals surface area (Å²) in [6, 6.07) is 26.8. The summed E-state index contributed by atoms with van der Waals surface area (Å²) >= 11 is 0. The molecule has 128 valence electrons. The van der Waals surface area contributed by atoms with E-state index in [2.05, 4.69) is 72.8 Å². The van der Waals surface area contributed by atoms with Gasteiger partial charge in [-0.05, 0) is 46.6 Å². The zero-order chi connectivity index (χ0) is 16.9. The summed E-state index contributed by atoms with van der Waals surface area (Å²) in [4.78, 5) is 0. The van der Waals surface area contributed by atoms with Crippen molar-refractivity contribution in [3.05, 3.63) is 83.9 Å². The van der Waals surface area contributed by atoms with Crippen LogP contribution < -0.4 is 0 Å². The molecule has 0 N–H and O–H groups in total. The molecule has 1 aliphatic rings. The summed E-state index contributed by atoms with van der Waals surface area (Å²) in [6.07, 6.45) is 9.54. The predicted molar refractivity (Wildman–Crippen MR) is 108 cm³/mol. The molecule has 4 rings (SSSR count). The van der Waals surface area contributed by atoms with Crippen molar-refractivity contribution in [1.82, 2.24) is 0 Å². The molecule has 1 aliphatic carbocycles. The summed E-state index contributed by atoms with van der Waals surface area (Å²) in [5.41, 5.74) is 3.03. The van der Waals surface area contributed by atoms with Crippen molar-refractivity contribution < 1.29 is 0 Å². The van der Waals surface area contributed by atoms with E-state index in [1.54, 1.807) is 0 Å². The maximum Gasteiger partial charge on any atom is -0.0152 e. The SMILES string of the molecule is c1ccc(CC(Cc2cccc3ccccc23)C2CCCCC2)cc1. The van der Waals surface area contributed by atoms with Crippen molar-refractivity contribution >= 4 is 10.8 Å². The van der Waals surface area contributed by atoms with Gasteiger partial charge in [-0.25, -0.2) is 0 Å². The van der Waals surface area contributed by atoms with Crippen LogP contribution in [0.4, 0.5) is 0 Å². The van der Waals surface area contributed by atoms with Gasteiger partial charge >= 0.3 is 0 Å². The van der Waals surface area contributed by atoms with E-state index in [0.29, 0.717) is 0 Å². The van der Waals surface area contributed by atoms with Crippen molar-refractivity contribution in [2.75, 3.05) is 0 Å². The minimum Gasteiger partial charge on any atom is -0.0622 e. The van der Waals surface area contributed by atoms with Crippen LogP contribution >= 0.6 is 0 Å². The molecule has 3 aromatic rings. The third kappa shape index (κ3) is 3.95. The highest BCUT2D eigenvalue weighted by Crippen LogP contribution is 2.35. The Morgan fingerprint density at radius 2 is 1.40 bits per heavy atom. The lowest BCUT2D eigenvalue weighted by molar-refractivity contribution is 0.245. The molecule has 1 saturated carbocycles. The van der Waals surface area contributed by atoms with Gasteiger partial charge in [-0.3, -0.25) is 0 Å². The van der Waals surface area contributed by atoms with Gasteiger partial charge in [-0.2, -0.15) is 0 Å². The highest BCUT2D eigenvalue weighted by Gasteiger charge is 2.24. The van der Waals surface area contributed by atoms with Gasteiger partial charge in [0.2, 0.25) is 0 Å². The zero-order valence-corrected chi connectivity index (χ0v) is 15.0. The molecule has 1 fully saturated rings. The molecule has 0 radical (unpaired) electrons. The quantitative estimate of drug-likeness (QED) is 0.482. The van der Waals surface area contributed by atoms with Crippen molar-refractivity contribution in [2.45, 2.75) is 44.9 Å². The molecule has 0 heterocycles. The summed E-state index contributed by atoms with van der Waals surface area (Å²) in [6.45, 7) is 0. The second-order valence-electron chi connectivity index (χ2n) is 7.69. The molecule has 0 aromatic heterocycles. The van der Waals surface area contributed by atoms with E-state index < -0.39 is 0 Å². The molecular weight excluding hydrogens is 300 g/mol. The molecule has 3 aromatic carbocycles. The minimum atomic E-state index is 0.758. The van der Waals surface area contributed by atoms with Gasteiger partial charge in [-0.1, -0.05) is 105 Å². The zero-order valence-electron chi connectivity index (χ0n) is 15.0. The van der Waals surface area contributed by atoms with E-state index in [1.165, 1.54) is 66.8 Å². The van der Waals surface area contributed by atoms with Crippen molar-refractivity contribution in [2.24, 2.45) is 11.8 Å². The molecule has 1 atom stereocenters. The van der Waals surface area contributed by atoms with Crippen LogP contribution in [0.5, 0.6) is 0 Å². The third-order valence-electron chi connectivity index (χ3n) is 6.02. The van der Waals surface area contributed by atoms with E-state index in [9.17, 15) is 0 Å². The van der Waals surface area contributed by atoms with Crippen LogP contribution in [-0.2, 0) is 12.8 Å². The maximum absolute atomic E-state index is 2.35. The number of fused-ring (bicyclic) bond motifs is 1. The summed E-state index contributed by atoms with van der Waals surface area (Å²) in [5.74, 6) is 1.64. The lowest BCUT2D eigenvalue weighted by Gasteiger charge is -2.31. The Hall–Kier alpha value is -2.08. The Morgan fingerprint density at radius 3 is 2.24 bits per heavy atom. The van der Waals surface area contributed by atoms with Crippen LogP contribution in [0.1, 0.15) is 43.2 Å². The van der Waals surface area contributed by atoms with Crippen molar-refractivity contribution in [3.63, 3.8) is 0 Å². The van der Waals surface area contributed by atoms with Crippen LogP contribution in [0, 0.1) is 11.8 Å². The van der Waals surface area contributed by atoms with Crippen LogP contribution in [0.15, 0.2) is 72.8 Å². The fourth-order valence-electron chi connectivity index (χ4n) is 4.68. The summed E-state index contributed by atoms with van der Waals surface area (Å²) in [5, 5.41) is 2.82. The van der Waals surface area contributed by atoms with Crippen LogP contribution in [0.3, 0.4) is 0 Å². The lowest BCUT2D eigenvalue weighted by Crippen LogP contribution is -2.22.